The summed E-state index contributed by atoms with van der Waals surface area (Å²) in [5.74, 6) is 0. The maximum absolute atomic E-state index is 9.10. The minimum Gasteiger partial charge on any atom is -0.437 e. The Balaban J connectivity index is 2.14. The van der Waals surface area contributed by atoms with Gasteiger partial charge in [0.05, 0.1) is 12.3 Å². The molecule has 0 radical (unpaired) electrons. The molecule has 0 aliphatic rings. The van der Waals surface area contributed by atoms with Gasteiger partial charge in [-0.1, -0.05) is 24.3 Å². The van der Waals surface area contributed by atoms with Gasteiger partial charge in [0.15, 0.2) is 0 Å². The number of oxazole rings is 1. The summed E-state index contributed by atoms with van der Waals surface area (Å²) in [6.07, 6.45) is 1.62. The van der Waals surface area contributed by atoms with Gasteiger partial charge < -0.3 is 14.5 Å². The highest BCUT2D eigenvalue weighted by molar-refractivity contribution is 7.71. The van der Waals surface area contributed by atoms with Crippen LogP contribution in [-0.2, 0) is 6.61 Å². The number of hydrogen-bond acceptors (Lipinski definition) is 3. The van der Waals surface area contributed by atoms with Gasteiger partial charge in [-0.2, -0.15) is 0 Å². The van der Waals surface area contributed by atoms with E-state index in [9.17, 15) is 0 Å². The van der Waals surface area contributed by atoms with Crippen molar-refractivity contribution in [2.75, 3.05) is 0 Å². The normalized spacial score (nSPS) is 10.9. The highest BCUT2D eigenvalue weighted by atomic mass is 32.1. The summed E-state index contributed by atoms with van der Waals surface area (Å²) in [5, 5.41) is 11.3. The van der Waals surface area contributed by atoms with Crippen LogP contribution < -0.4 is 0 Å². The van der Waals surface area contributed by atoms with Crippen LogP contribution in [0.4, 0.5) is 0 Å². The lowest BCUT2D eigenvalue weighted by Gasteiger charge is -2.03. The number of aliphatic hydroxyl groups is 1. The predicted octanol–water partition coefficient (Wildman–Crippen LogP) is 3.65. The molecule has 0 saturated heterocycles. The Kier molecular flexibility index (Phi) is 2.74. The van der Waals surface area contributed by atoms with Gasteiger partial charge in [0.1, 0.15) is 6.26 Å². The van der Waals surface area contributed by atoms with Gasteiger partial charge in [0, 0.05) is 5.56 Å². The molecule has 0 amide bonds. The van der Waals surface area contributed by atoms with E-state index >= 15 is 0 Å². The third-order valence-corrected chi connectivity index (χ3v) is 3.12. The molecule has 1 heterocycles. The second kappa shape index (κ2) is 4.40. The van der Waals surface area contributed by atoms with Gasteiger partial charge >= 0.3 is 0 Å². The summed E-state index contributed by atoms with van der Waals surface area (Å²) in [6.45, 7) is 0.0620. The number of H-pyrrole nitrogens is 1. The maximum atomic E-state index is 9.10. The topological polar surface area (TPSA) is 49.2 Å². The van der Waals surface area contributed by atoms with Crippen LogP contribution >= 0.6 is 12.2 Å². The second-order valence-electron chi connectivity index (χ2n) is 4.12. The van der Waals surface area contributed by atoms with Crippen molar-refractivity contribution >= 4 is 23.0 Å². The molecule has 4 heteroatoms. The maximum Gasteiger partial charge on any atom is 0.266 e. The van der Waals surface area contributed by atoms with E-state index in [4.69, 9.17) is 21.7 Å². The van der Waals surface area contributed by atoms with Crippen molar-refractivity contribution in [2.24, 2.45) is 0 Å². The first-order valence-corrected chi connectivity index (χ1v) is 5.99. The fourth-order valence-corrected chi connectivity index (χ4v) is 2.14. The highest BCUT2D eigenvalue weighted by Gasteiger charge is 2.02. The highest BCUT2D eigenvalue weighted by Crippen LogP contribution is 2.24. The van der Waals surface area contributed by atoms with Crippen molar-refractivity contribution in [1.82, 2.24) is 4.98 Å². The molecular formula is C14H11NO2S. The monoisotopic (exact) mass is 257 g/mol. The summed E-state index contributed by atoms with van der Waals surface area (Å²) in [5.41, 5.74) is 2.81. The van der Waals surface area contributed by atoms with Crippen molar-refractivity contribution in [3.63, 3.8) is 0 Å². The number of fused-ring (bicyclic) bond motifs is 1. The fraction of sp³-hybridized carbons (Fsp3) is 0.0714. The van der Waals surface area contributed by atoms with Gasteiger partial charge in [-0.25, -0.2) is 0 Å². The Morgan fingerprint density at radius 1 is 1.11 bits per heavy atom. The van der Waals surface area contributed by atoms with Crippen molar-refractivity contribution < 1.29 is 9.52 Å². The average Bonchev–Trinajstić information content (AvgIpc) is 2.84. The summed E-state index contributed by atoms with van der Waals surface area (Å²) in [4.78, 5) is 3.36. The lowest BCUT2D eigenvalue weighted by atomic mass is 10.0. The Bertz CT molecular complexity index is 758. The molecule has 3 rings (SSSR count). The molecule has 90 valence electrons. The van der Waals surface area contributed by atoms with Crippen LogP contribution in [0.1, 0.15) is 5.56 Å². The van der Waals surface area contributed by atoms with E-state index < -0.39 is 0 Å². The van der Waals surface area contributed by atoms with Gasteiger partial charge in [-0.05, 0) is 40.7 Å². The van der Waals surface area contributed by atoms with E-state index in [0.29, 0.717) is 4.84 Å². The molecule has 3 aromatic rings. The van der Waals surface area contributed by atoms with E-state index in [1.807, 2.05) is 30.3 Å². The average molecular weight is 257 g/mol. The Morgan fingerprint density at radius 3 is 2.61 bits per heavy atom. The molecule has 0 saturated carbocycles. The first-order chi connectivity index (χ1) is 8.76. The quantitative estimate of drug-likeness (QED) is 0.689. The summed E-state index contributed by atoms with van der Waals surface area (Å²) in [7, 11) is 0. The third kappa shape index (κ3) is 1.96. The number of rotatable bonds is 2. The second-order valence-corrected chi connectivity index (χ2v) is 4.49. The predicted molar refractivity (Wildman–Crippen MR) is 72.8 cm³/mol. The van der Waals surface area contributed by atoms with Crippen molar-refractivity contribution in [1.29, 1.82) is 0 Å². The molecule has 0 aliphatic heterocycles. The smallest absolute Gasteiger partial charge is 0.266 e. The minimum absolute atomic E-state index is 0.0620. The number of aromatic nitrogens is 1. The van der Waals surface area contributed by atoms with Crippen LogP contribution in [-0.4, -0.2) is 10.1 Å². The van der Waals surface area contributed by atoms with Crippen molar-refractivity contribution in [2.45, 2.75) is 6.61 Å². The lowest BCUT2D eigenvalue weighted by molar-refractivity contribution is 0.282. The van der Waals surface area contributed by atoms with Gasteiger partial charge in [-0.15, -0.1) is 0 Å². The largest absolute Gasteiger partial charge is 0.437 e. The number of nitrogens with one attached hydrogen (secondary N) is 1. The van der Waals surface area contributed by atoms with E-state index in [-0.39, 0.29) is 6.61 Å². The zero-order chi connectivity index (χ0) is 12.5. The van der Waals surface area contributed by atoms with Crippen LogP contribution in [0.5, 0.6) is 0 Å². The van der Waals surface area contributed by atoms with E-state index in [1.54, 1.807) is 6.26 Å². The van der Waals surface area contributed by atoms with E-state index in [0.717, 1.165) is 27.6 Å². The van der Waals surface area contributed by atoms with Crippen LogP contribution in [0.2, 0.25) is 0 Å². The van der Waals surface area contributed by atoms with Crippen LogP contribution in [0.15, 0.2) is 47.1 Å². The molecule has 18 heavy (non-hydrogen) atoms. The first kappa shape index (κ1) is 11.2. The molecule has 0 bridgehead atoms. The SMILES string of the molecule is OCc1ccc2cc(-c3coc(=S)[nH]3)ccc2c1. The van der Waals surface area contributed by atoms with Crippen molar-refractivity contribution in [3.8, 4) is 11.3 Å². The Labute approximate surface area is 109 Å². The Hall–Kier alpha value is -1.91. The third-order valence-electron chi connectivity index (χ3n) is 2.92. The number of aliphatic hydroxyl groups excluding tert-OH is 1. The summed E-state index contributed by atoms with van der Waals surface area (Å²) >= 11 is 4.91. The number of aromatic amines is 1. The molecular weight excluding hydrogens is 246 g/mol. The fourth-order valence-electron chi connectivity index (χ4n) is 1.98. The molecule has 2 aromatic carbocycles. The van der Waals surface area contributed by atoms with E-state index in [2.05, 4.69) is 11.1 Å². The molecule has 3 nitrogen and oxygen atoms in total. The molecule has 0 fully saturated rings. The minimum atomic E-state index is 0.0620. The molecule has 2 N–H and O–H groups in total. The van der Waals surface area contributed by atoms with Gasteiger partial charge in [0.2, 0.25) is 0 Å². The van der Waals surface area contributed by atoms with Gasteiger partial charge in [-0.3, -0.25) is 0 Å². The first-order valence-electron chi connectivity index (χ1n) is 5.58. The summed E-state index contributed by atoms with van der Waals surface area (Å²) in [6, 6.07) is 12.0. The summed E-state index contributed by atoms with van der Waals surface area (Å²) < 4.78 is 5.09. The Morgan fingerprint density at radius 2 is 1.89 bits per heavy atom. The molecule has 0 aliphatic carbocycles. The van der Waals surface area contributed by atoms with Crippen molar-refractivity contribution in [3.05, 3.63) is 53.1 Å². The van der Waals surface area contributed by atoms with Crippen LogP contribution in [0.25, 0.3) is 22.0 Å². The molecule has 1 aromatic heterocycles. The molecule has 0 unspecified atom stereocenters. The van der Waals surface area contributed by atoms with Crippen LogP contribution in [0.3, 0.4) is 0 Å². The van der Waals surface area contributed by atoms with Crippen LogP contribution in [0, 0.1) is 4.84 Å². The standard InChI is InChI=1S/C14H11NO2S/c16-7-9-1-2-11-6-12(4-3-10(11)5-9)13-8-17-14(18)15-13/h1-6,8,16H,7H2,(H,15,18). The number of hydrogen-bond donors (Lipinski definition) is 2. The molecule has 0 atom stereocenters. The zero-order valence-electron chi connectivity index (χ0n) is 9.51. The van der Waals surface area contributed by atoms with E-state index in [1.165, 1.54) is 0 Å². The zero-order valence-corrected chi connectivity index (χ0v) is 10.3. The van der Waals surface area contributed by atoms with Gasteiger partial charge in [0.25, 0.3) is 4.84 Å². The molecule has 0 spiro atoms. The number of benzene rings is 2. The lowest BCUT2D eigenvalue weighted by Crippen LogP contribution is -1.84.